The van der Waals surface area contributed by atoms with E-state index in [9.17, 15) is 9.59 Å². The second-order valence-corrected chi connectivity index (χ2v) is 8.03. The van der Waals surface area contributed by atoms with Gasteiger partial charge in [0, 0.05) is 28.8 Å². The number of methoxy groups -OCH3 is 1. The summed E-state index contributed by atoms with van der Waals surface area (Å²) < 4.78 is 10.6. The van der Waals surface area contributed by atoms with Crippen molar-refractivity contribution in [2.75, 3.05) is 31.3 Å². The lowest BCUT2D eigenvalue weighted by atomic mass is 10.2. The first-order valence-corrected chi connectivity index (χ1v) is 11.3. The lowest BCUT2D eigenvalue weighted by Gasteiger charge is -2.09. The fourth-order valence-corrected chi connectivity index (χ4v) is 3.71. The fourth-order valence-electron chi connectivity index (χ4n) is 2.83. The molecular weight excluding hydrogens is 424 g/mol. The molecule has 0 spiro atoms. The Kier molecular flexibility index (Phi) is 9.01. The highest BCUT2D eigenvalue weighted by Gasteiger charge is 2.07. The maximum absolute atomic E-state index is 12.3. The first-order valence-electron chi connectivity index (χ1n) is 10.3. The molecule has 6 nitrogen and oxygen atoms in total. The van der Waals surface area contributed by atoms with Crippen molar-refractivity contribution in [3.63, 3.8) is 0 Å². The van der Waals surface area contributed by atoms with Crippen LogP contribution >= 0.6 is 11.8 Å². The summed E-state index contributed by atoms with van der Waals surface area (Å²) >= 11 is 1.77. The van der Waals surface area contributed by atoms with Crippen LogP contribution in [0.1, 0.15) is 16.8 Å². The van der Waals surface area contributed by atoms with Gasteiger partial charge in [0.1, 0.15) is 11.5 Å². The third-order valence-electron chi connectivity index (χ3n) is 4.46. The van der Waals surface area contributed by atoms with Crippen LogP contribution in [0.2, 0.25) is 0 Å². The molecule has 0 bridgehead atoms. The molecule has 0 aromatic heterocycles. The number of nitrogens with one attached hydrogen (secondary N) is 2. The van der Waals surface area contributed by atoms with Crippen LogP contribution < -0.4 is 20.1 Å². The molecule has 0 aliphatic rings. The quantitative estimate of drug-likeness (QED) is 0.329. The molecule has 2 amide bonds. The SMILES string of the molecule is COc1cccc(NC(=O)COc2ccc(C(=O)NCCCSc3ccccc3)cc2)c1. The van der Waals surface area contributed by atoms with E-state index in [0.29, 0.717) is 29.3 Å². The maximum atomic E-state index is 12.3. The minimum Gasteiger partial charge on any atom is -0.497 e. The normalized spacial score (nSPS) is 10.3. The molecule has 0 saturated heterocycles. The molecule has 166 valence electrons. The Morgan fingerprint density at radius 2 is 1.69 bits per heavy atom. The van der Waals surface area contributed by atoms with Crippen LogP contribution in [0.25, 0.3) is 0 Å². The monoisotopic (exact) mass is 450 g/mol. The highest BCUT2D eigenvalue weighted by molar-refractivity contribution is 7.99. The average Bonchev–Trinajstić information content (AvgIpc) is 2.83. The number of rotatable bonds is 11. The Labute approximate surface area is 192 Å². The predicted molar refractivity (Wildman–Crippen MR) is 128 cm³/mol. The number of carbonyl (C=O) groups is 2. The van der Waals surface area contributed by atoms with Crippen molar-refractivity contribution in [2.24, 2.45) is 0 Å². The Bertz CT molecular complexity index is 1010. The Morgan fingerprint density at radius 1 is 0.906 bits per heavy atom. The fraction of sp³-hybridized carbons (Fsp3) is 0.200. The van der Waals surface area contributed by atoms with Gasteiger partial charge < -0.3 is 20.1 Å². The molecule has 0 atom stereocenters. The lowest BCUT2D eigenvalue weighted by Crippen LogP contribution is -2.24. The van der Waals surface area contributed by atoms with Crippen LogP contribution in [0.3, 0.4) is 0 Å². The van der Waals surface area contributed by atoms with E-state index in [4.69, 9.17) is 9.47 Å². The topological polar surface area (TPSA) is 76.7 Å². The summed E-state index contributed by atoms with van der Waals surface area (Å²) in [5, 5.41) is 5.67. The van der Waals surface area contributed by atoms with Gasteiger partial charge in [-0.05, 0) is 60.7 Å². The second kappa shape index (κ2) is 12.4. The molecule has 0 saturated carbocycles. The molecule has 2 N–H and O–H groups in total. The number of hydrogen-bond acceptors (Lipinski definition) is 5. The zero-order valence-corrected chi connectivity index (χ0v) is 18.7. The molecule has 0 unspecified atom stereocenters. The molecular formula is C25H26N2O4S. The van der Waals surface area contributed by atoms with E-state index >= 15 is 0 Å². The van der Waals surface area contributed by atoms with E-state index < -0.39 is 0 Å². The van der Waals surface area contributed by atoms with Crippen molar-refractivity contribution in [3.8, 4) is 11.5 Å². The van der Waals surface area contributed by atoms with E-state index in [2.05, 4.69) is 22.8 Å². The summed E-state index contributed by atoms with van der Waals surface area (Å²) in [5.74, 6) is 1.70. The van der Waals surface area contributed by atoms with Crippen LogP contribution in [-0.4, -0.2) is 37.8 Å². The Morgan fingerprint density at radius 3 is 2.44 bits per heavy atom. The van der Waals surface area contributed by atoms with Crippen molar-refractivity contribution in [1.82, 2.24) is 5.32 Å². The molecule has 0 aliphatic heterocycles. The van der Waals surface area contributed by atoms with Gasteiger partial charge in [0.15, 0.2) is 6.61 Å². The smallest absolute Gasteiger partial charge is 0.262 e. The molecule has 3 aromatic carbocycles. The van der Waals surface area contributed by atoms with E-state index in [1.54, 1.807) is 67.4 Å². The molecule has 7 heteroatoms. The van der Waals surface area contributed by atoms with Crippen molar-refractivity contribution in [2.45, 2.75) is 11.3 Å². The van der Waals surface area contributed by atoms with Crippen molar-refractivity contribution in [1.29, 1.82) is 0 Å². The second-order valence-electron chi connectivity index (χ2n) is 6.86. The van der Waals surface area contributed by atoms with Crippen molar-refractivity contribution in [3.05, 3.63) is 84.4 Å². The molecule has 3 aromatic rings. The van der Waals surface area contributed by atoms with Gasteiger partial charge in [-0.3, -0.25) is 9.59 Å². The molecule has 0 aliphatic carbocycles. The largest absolute Gasteiger partial charge is 0.497 e. The summed E-state index contributed by atoms with van der Waals surface area (Å²) in [6.45, 7) is 0.475. The first-order chi connectivity index (χ1) is 15.6. The number of amides is 2. The van der Waals surface area contributed by atoms with Crippen LogP contribution in [-0.2, 0) is 4.79 Å². The minimum absolute atomic E-state index is 0.128. The van der Waals surface area contributed by atoms with Crippen LogP contribution in [0.15, 0.2) is 83.8 Å². The van der Waals surface area contributed by atoms with Crippen molar-refractivity contribution >= 4 is 29.3 Å². The number of anilines is 1. The van der Waals surface area contributed by atoms with Crippen molar-refractivity contribution < 1.29 is 19.1 Å². The Balaban J connectivity index is 1.36. The van der Waals surface area contributed by atoms with Gasteiger partial charge in [-0.2, -0.15) is 0 Å². The highest BCUT2D eigenvalue weighted by Crippen LogP contribution is 2.18. The Hall–Kier alpha value is -3.45. The van der Waals surface area contributed by atoms with Gasteiger partial charge in [-0.1, -0.05) is 24.3 Å². The minimum atomic E-state index is -0.284. The first kappa shape index (κ1) is 23.2. The summed E-state index contributed by atoms with van der Waals surface area (Å²) in [5.41, 5.74) is 1.18. The summed E-state index contributed by atoms with van der Waals surface area (Å²) in [7, 11) is 1.57. The van der Waals surface area contributed by atoms with Crippen LogP contribution in [0.5, 0.6) is 11.5 Å². The maximum Gasteiger partial charge on any atom is 0.262 e. The molecule has 0 fully saturated rings. The van der Waals surface area contributed by atoms with Gasteiger partial charge >= 0.3 is 0 Å². The standard InChI is InChI=1S/C25H26N2O4S/c1-30-22-8-5-7-20(17-22)27-24(28)18-31-21-13-11-19(12-14-21)25(29)26-15-6-16-32-23-9-3-2-4-10-23/h2-5,7-14,17H,6,15-16,18H2,1H3,(H,26,29)(H,27,28). The number of carbonyl (C=O) groups excluding carboxylic acids is 2. The predicted octanol–water partition coefficient (Wildman–Crippen LogP) is 4.62. The summed E-state index contributed by atoms with van der Waals surface area (Å²) in [6.07, 6.45) is 0.884. The zero-order chi connectivity index (χ0) is 22.6. The average molecular weight is 451 g/mol. The van der Waals surface area contributed by atoms with Gasteiger partial charge in [0.2, 0.25) is 0 Å². The number of hydrogen-bond donors (Lipinski definition) is 2. The van der Waals surface area contributed by atoms with Gasteiger partial charge in [-0.25, -0.2) is 0 Å². The lowest BCUT2D eigenvalue weighted by molar-refractivity contribution is -0.118. The van der Waals surface area contributed by atoms with E-state index in [1.807, 2.05) is 18.2 Å². The van der Waals surface area contributed by atoms with Gasteiger partial charge in [-0.15, -0.1) is 11.8 Å². The highest BCUT2D eigenvalue weighted by atomic mass is 32.2. The van der Waals surface area contributed by atoms with E-state index in [-0.39, 0.29) is 18.4 Å². The molecule has 32 heavy (non-hydrogen) atoms. The number of thioether (sulfide) groups is 1. The third-order valence-corrected chi connectivity index (χ3v) is 5.56. The number of benzene rings is 3. The van der Waals surface area contributed by atoms with Gasteiger partial charge in [0.25, 0.3) is 11.8 Å². The van der Waals surface area contributed by atoms with Crippen LogP contribution in [0, 0.1) is 0 Å². The van der Waals surface area contributed by atoms with E-state index in [0.717, 1.165) is 12.2 Å². The number of ether oxygens (including phenoxy) is 2. The summed E-state index contributed by atoms with van der Waals surface area (Å²) in [6, 6.07) is 24.0. The molecule has 3 rings (SSSR count). The molecule has 0 heterocycles. The molecule has 0 radical (unpaired) electrons. The van der Waals surface area contributed by atoms with Crippen LogP contribution in [0.4, 0.5) is 5.69 Å². The zero-order valence-electron chi connectivity index (χ0n) is 17.9. The summed E-state index contributed by atoms with van der Waals surface area (Å²) in [4.78, 5) is 25.6. The van der Waals surface area contributed by atoms with E-state index in [1.165, 1.54) is 4.90 Å². The van der Waals surface area contributed by atoms with Gasteiger partial charge in [0.05, 0.1) is 7.11 Å². The third kappa shape index (κ3) is 7.67.